The van der Waals surface area contributed by atoms with Crippen LogP contribution in [0.2, 0.25) is 0 Å². The van der Waals surface area contributed by atoms with Crippen molar-refractivity contribution in [1.29, 1.82) is 0 Å². The maximum atomic E-state index is 13.0. The van der Waals surface area contributed by atoms with Crippen LogP contribution in [-0.2, 0) is 4.74 Å². The first-order valence-corrected chi connectivity index (χ1v) is 11.1. The van der Waals surface area contributed by atoms with Crippen molar-refractivity contribution in [2.75, 3.05) is 27.1 Å². The Hall–Kier alpha value is -3.37. The highest BCUT2D eigenvalue weighted by Gasteiger charge is 2.28. The van der Waals surface area contributed by atoms with Crippen molar-refractivity contribution in [3.05, 3.63) is 30.2 Å². The Bertz CT molecular complexity index is 1160. The predicted molar refractivity (Wildman–Crippen MR) is 121 cm³/mol. The summed E-state index contributed by atoms with van der Waals surface area (Å²) in [5, 5.41) is 3.12. The van der Waals surface area contributed by atoms with Crippen LogP contribution in [0.3, 0.4) is 0 Å². The maximum Gasteiger partial charge on any atom is 0.255 e. The molecule has 1 saturated carbocycles. The normalized spacial score (nSPS) is 19.6. The van der Waals surface area contributed by atoms with E-state index < -0.39 is 0 Å². The highest BCUT2D eigenvalue weighted by atomic mass is 16.7. The molecule has 1 aromatic carbocycles. The summed E-state index contributed by atoms with van der Waals surface area (Å²) >= 11 is 0. The number of carbonyl (C=O) groups is 1. The number of amides is 1. The average molecular weight is 453 g/mol. The van der Waals surface area contributed by atoms with Gasteiger partial charge in [0, 0.05) is 25.4 Å². The van der Waals surface area contributed by atoms with Gasteiger partial charge < -0.3 is 35.0 Å². The van der Waals surface area contributed by atoms with Crippen LogP contribution in [0.1, 0.15) is 36.0 Å². The molecule has 10 nitrogen and oxygen atoms in total. The summed E-state index contributed by atoms with van der Waals surface area (Å²) in [6.45, 7) is 0.911. The third-order valence-electron chi connectivity index (χ3n) is 6.10. The van der Waals surface area contributed by atoms with Gasteiger partial charge in [0.1, 0.15) is 29.9 Å². The second kappa shape index (κ2) is 9.24. The Kier molecular flexibility index (Phi) is 6.01. The number of nitrogens with two attached hydrogens (primary N) is 1. The molecule has 2 aromatic heterocycles. The average Bonchev–Trinajstić information content (AvgIpc) is 3.48. The zero-order valence-electron chi connectivity index (χ0n) is 18.4. The molecule has 5 rings (SSSR count). The highest BCUT2D eigenvalue weighted by Crippen LogP contribution is 2.47. The number of benzene rings is 1. The highest BCUT2D eigenvalue weighted by molar-refractivity contribution is 6.08. The molecule has 3 heterocycles. The van der Waals surface area contributed by atoms with Gasteiger partial charge in [0.15, 0.2) is 11.5 Å². The smallest absolute Gasteiger partial charge is 0.255 e. The fourth-order valence-electron chi connectivity index (χ4n) is 4.36. The molecule has 1 fully saturated rings. The monoisotopic (exact) mass is 453 g/mol. The summed E-state index contributed by atoms with van der Waals surface area (Å²) < 4.78 is 22.4. The lowest BCUT2D eigenvalue weighted by Gasteiger charge is -2.26. The summed E-state index contributed by atoms with van der Waals surface area (Å²) in [4.78, 5) is 25.1. The van der Waals surface area contributed by atoms with E-state index in [9.17, 15) is 4.79 Å². The minimum Gasteiger partial charge on any atom is -0.490 e. The van der Waals surface area contributed by atoms with Crippen LogP contribution in [0, 0.1) is 0 Å². The van der Waals surface area contributed by atoms with Gasteiger partial charge in [-0.15, -0.1) is 0 Å². The third kappa shape index (κ3) is 4.19. The minimum atomic E-state index is -0.166. The Morgan fingerprint density at radius 2 is 2.06 bits per heavy atom. The summed E-state index contributed by atoms with van der Waals surface area (Å²) in [6, 6.07) is 3.96. The molecular formula is C23H27N5O5. The zero-order chi connectivity index (χ0) is 22.8. The van der Waals surface area contributed by atoms with Crippen molar-refractivity contribution in [1.82, 2.24) is 20.3 Å². The summed E-state index contributed by atoms with van der Waals surface area (Å²) in [5.74, 6) is 1.57. The second-order valence-corrected chi connectivity index (χ2v) is 8.25. The first kappa shape index (κ1) is 21.5. The molecule has 3 aromatic rings. The van der Waals surface area contributed by atoms with Gasteiger partial charge in [-0.05, 0) is 37.8 Å². The van der Waals surface area contributed by atoms with Gasteiger partial charge in [0.2, 0.25) is 6.79 Å². The van der Waals surface area contributed by atoms with Gasteiger partial charge in [-0.3, -0.25) is 4.79 Å². The van der Waals surface area contributed by atoms with Gasteiger partial charge in [-0.25, -0.2) is 9.97 Å². The first-order valence-electron chi connectivity index (χ1n) is 11.1. The van der Waals surface area contributed by atoms with Crippen molar-refractivity contribution in [3.8, 4) is 28.5 Å². The molecular weight excluding hydrogens is 426 g/mol. The van der Waals surface area contributed by atoms with Crippen LogP contribution in [0.5, 0.6) is 17.2 Å². The molecule has 4 N–H and O–H groups in total. The molecule has 0 bridgehead atoms. The van der Waals surface area contributed by atoms with Crippen LogP contribution >= 0.6 is 0 Å². The van der Waals surface area contributed by atoms with Gasteiger partial charge in [0.05, 0.1) is 23.3 Å². The molecule has 0 radical (unpaired) electrons. The van der Waals surface area contributed by atoms with E-state index in [0.29, 0.717) is 58.3 Å². The number of nitrogens with one attached hydrogen (secondary N) is 2. The van der Waals surface area contributed by atoms with E-state index in [0.717, 1.165) is 25.7 Å². The topological polar surface area (TPSA) is 134 Å². The van der Waals surface area contributed by atoms with E-state index in [4.69, 9.17) is 24.7 Å². The third-order valence-corrected chi connectivity index (χ3v) is 6.10. The Morgan fingerprint density at radius 3 is 2.88 bits per heavy atom. The number of nitrogens with zero attached hydrogens (tertiary/aromatic N) is 2. The van der Waals surface area contributed by atoms with Crippen molar-refractivity contribution < 1.29 is 23.7 Å². The second-order valence-electron chi connectivity index (χ2n) is 8.25. The number of hydrogen-bond donors (Lipinski definition) is 3. The molecule has 1 amide bonds. The van der Waals surface area contributed by atoms with E-state index in [-0.39, 0.29) is 24.8 Å². The summed E-state index contributed by atoms with van der Waals surface area (Å²) in [7, 11) is 1.62. The summed E-state index contributed by atoms with van der Waals surface area (Å²) in [6.07, 6.45) is 6.70. The fourth-order valence-corrected chi connectivity index (χ4v) is 4.36. The van der Waals surface area contributed by atoms with E-state index in [1.807, 2.05) is 6.07 Å². The number of H-pyrrole nitrogens is 1. The molecule has 33 heavy (non-hydrogen) atoms. The maximum absolute atomic E-state index is 13.0. The number of aromatic amines is 1. The molecule has 0 saturated heterocycles. The SMILES string of the molecule is COCCOc1ccc2c(c1-c1ncnc3c(C(=O)NC4CCC(N)CC4)c[nH]c13)OCO2. The van der Waals surface area contributed by atoms with Crippen molar-refractivity contribution in [2.45, 2.75) is 37.8 Å². The van der Waals surface area contributed by atoms with E-state index in [1.165, 1.54) is 6.33 Å². The quantitative estimate of drug-likeness (QED) is 0.464. The molecule has 10 heteroatoms. The molecule has 1 aliphatic carbocycles. The lowest BCUT2D eigenvalue weighted by Crippen LogP contribution is -2.40. The van der Waals surface area contributed by atoms with Gasteiger partial charge >= 0.3 is 0 Å². The van der Waals surface area contributed by atoms with Gasteiger partial charge in [-0.2, -0.15) is 0 Å². The first-order chi connectivity index (χ1) is 16.2. The van der Waals surface area contributed by atoms with Crippen molar-refractivity contribution >= 4 is 16.9 Å². The largest absolute Gasteiger partial charge is 0.490 e. The number of rotatable bonds is 7. The van der Waals surface area contributed by atoms with E-state index in [1.54, 1.807) is 19.4 Å². The Labute approximate surface area is 190 Å². The number of fused-ring (bicyclic) bond motifs is 2. The molecule has 0 atom stereocenters. The van der Waals surface area contributed by atoms with E-state index in [2.05, 4.69) is 20.3 Å². The van der Waals surface area contributed by atoms with Crippen LogP contribution in [-0.4, -0.2) is 60.1 Å². The van der Waals surface area contributed by atoms with Gasteiger partial charge in [-0.1, -0.05) is 0 Å². The molecule has 0 spiro atoms. The number of methoxy groups -OCH3 is 1. The minimum absolute atomic E-state index is 0.113. The Balaban J connectivity index is 1.50. The molecule has 2 aliphatic rings. The van der Waals surface area contributed by atoms with Crippen LogP contribution in [0.25, 0.3) is 22.3 Å². The predicted octanol–water partition coefficient (Wildman–Crippen LogP) is 2.38. The standard InChI is InChI=1S/C23H27N5O5/c1-30-8-9-31-16-6-7-17-22(33-12-32-17)18(16)20-21-19(26-11-27-20)15(10-25-21)23(29)28-14-4-2-13(24)3-5-14/h6-7,10-11,13-14,25H,2-5,8-9,12,24H2,1H3,(H,28,29). The van der Waals surface area contributed by atoms with E-state index >= 15 is 0 Å². The number of ether oxygens (including phenoxy) is 4. The number of hydrogen-bond acceptors (Lipinski definition) is 8. The van der Waals surface area contributed by atoms with Crippen molar-refractivity contribution in [2.24, 2.45) is 5.73 Å². The molecule has 174 valence electrons. The molecule has 0 unspecified atom stereocenters. The fraction of sp³-hybridized carbons (Fsp3) is 0.435. The lowest BCUT2D eigenvalue weighted by atomic mass is 9.91. The Morgan fingerprint density at radius 1 is 1.21 bits per heavy atom. The van der Waals surface area contributed by atoms with Crippen LogP contribution in [0.4, 0.5) is 0 Å². The number of carbonyl (C=O) groups excluding carboxylic acids is 1. The lowest BCUT2D eigenvalue weighted by molar-refractivity contribution is 0.0927. The van der Waals surface area contributed by atoms with Crippen LogP contribution < -0.4 is 25.3 Å². The zero-order valence-corrected chi connectivity index (χ0v) is 18.4. The van der Waals surface area contributed by atoms with Crippen molar-refractivity contribution in [3.63, 3.8) is 0 Å². The molecule has 1 aliphatic heterocycles. The van der Waals surface area contributed by atoms with Crippen LogP contribution in [0.15, 0.2) is 24.7 Å². The van der Waals surface area contributed by atoms with Gasteiger partial charge in [0.25, 0.3) is 5.91 Å². The number of aromatic nitrogens is 3. The summed E-state index contributed by atoms with van der Waals surface area (Å²) in [5.41, 5.74) is 8.81.